The average molecular weight is 492 g/mol. The molecule has 0 aliphatic rings. The Kier molecular flexibility index (Phi) is 9.21. The van der Waals surface area contributed by atoms with Crippen LogP contribution in [0, 0.1) is 0 Å². The quantitative estimate of drug-likeness (QED) is 0.251. The summed E-state index contributed by atoms with van der Waals surface area (Å²) in [6.45, 7) is 0.319. The van der Waals surface area contributed by atoms with Gasteiger partial charge in [-0.25, -0.2) is 0 Å². The monoisotopic (exact) mass is 491 g/mol. The summed E-state index contributed by atoms with van der Waals surface area (Å²) in [5, 5.41) is 2.40. The zero-order valence-electron chi connectivity index (χ0n) is 19.2. The molecule has 3 aromatic carbocycles. The molecule has 0 saturated heterocycles. The van der Waals surface area contributed by atoms with Crippen molar-refractivity contribution in [1.29, 1.82) is 0 Å². The van der Waals surface area contributed by atoms with Crippen LogP contribution in [0.4, 0.5) is 0 Å². The van der Waals surface area contributed by atoms with Crippen molar-refractivity contribution >= 4 is 35.2 Å². The number of nitrogens with one attached hydrogen (secondary N) is 3. The first-order chi connectivity index (χ1) is 17.0. The number of ether oxygens (including phenoxy) is 3. The minimum Gasteiger partial charge on any atom is -0.493 e. The van der Waals surface area contributed by atoms with Gasteiger partial charge in [0.2, 0.25) is 5.91 Å². The van der Waals surface area contributed by atoms with Gasteiger partial charge in [0.1, 0.15) is 12.4 Å². The summed E-state index contributed by atoms with van der Waals surface area (Å²) >= 11 is 5.09. The van der Waals surface area contributed by atoms with E-state index < -0.39 is 11.8 Å². The predicted molar refractivity (Wildman–Crippen MR) is 137 cm³/mol. The summed E-state index contributed by atoms with van der Waals surface area (Å²) in [6.07, 6.45) is 2.91. The summed E-state index contributed by atoms with van der Waals surface area (Å²) in [7, 11) is 3.08. The van der Waals surface area contributed by atoms with Crippen molar-refractivity contribution in [2.75, 3.05) is 14.2 Å². The Morgan fingerprint density at radius 1 is 0.857 bits per heavy atom. The lowest BCUT2D eigenvalue weighted by molar-refractivity contribution is -0.115. The number of benzene rings is 3. The van der Waals surface area contributed by atoms with Crippen LogP contribution in [-0.4, -0.2) is 31.1 Å². The van der Waals surface area contributed by atoms with Crippen LogP contribution in [0.5, 0.6) is 17.2 Å². The molecule has 35 heavy (non-hydrogen) atoms. The highest BCUT2D eigenvalue weighted by Gasteiger charge is 2.13. The van der Waals surface area contributed by atoms with Gasteiger partial charge in [0.05, 0.1) is 19.8 Å². The first-order valence-corrected chi connectivity index (χ1v) is 11.0. The lowest BCUT2D eigenvalue weighted by Crippen LogP contribution is -2.48. The number of carbonyl (C=O) groups is 2. The SMILES string of the molecule is COc1ccc(/C=C/C(=O)NC(=S)NNC(=O)c2ccccc2OCc2ccccc2)cc1OC. The van der Waals surface area contributed by atoms with Crippen molar-refractivity contribution in [3.05, 3.63) is 95.6 Å². The Balaban J connectivity index is 1.51. The van der Waals surface area contributed by atoms with Gasteiger partial charge < -0.3 is 14.2 Å². The van der Waals surface area contributed by atoms with Crippen molar-refractivity contribution in [1.82, 2.24) is 16.2 Å². The standard InChI is InChI=1S/C26H25N3O5S/c1-32-22-14-12-18(16-23(22)33-2)13-15-24(30)27-26(35)29-28-25(31)20-10-6-7-11-21(20)34-17-19-8-4-3-5-9-19/h3-16H,17H2,1-2H3,(H,28,31)(H2,27,29,30,35)/b15-13+. The van der Waals surface area contributed by atoms with Gasteiger partial charge in [-0.2, -0.15) is 0 Å². The third kappa shape index (κ3) is 7.58. The van der Waals surface area contributed by atoms with Crippen LogP contribution in [0.1, 0.15) is 21.5 Å². The molecule has 0 heterocycles. The number of hydrazine groups is 1. The predicted octanol–water partition coefficient (Wildman–Crippen LogP) is 3.63. The number of hydrogen-bond acceptors (Lipinski definition) is 6. The molecule has 0 aliphatic heterocycles. The Morgan fingerprint density at radius 3 is 2.31 bits per heavy atom. The molecule has 3 aromatic rings. The van der Waals surface area contributed by atoms with Crippen LogP contribution in [-0.2, 0) is 11.4 Å². The van der Waals surface area contributed by atoms with Crippen molar-refractivity contribution < 1.29 is 23.8 Å². The van der Waals surface area contributed by atoms with Crippen LogP contribution in [0.2, 0.25) is 0 Å². The Bertz CT molecular complexity index is 1210. The highest BCUT2D eigenvalue weighted by atomic mass is 32.1. The molecule has 8 nitrogen and oxygen atoms in total. The third-order valence-electron chi connectivity index (χ3n) is 4.73. The zero-order valence-corrected chi connectivity index (χ0v) is 20.1. The number of methoxy groups -OCH3 is 2. The lowest BCUT2D eigenvalue weighted by Gasteiger charge is -2.13. The molecule has 9 heteroatoms. The van der Waals surface area contributed by atoms with Crippen molar-refractivity contribution in [2.24, 2.45) is 0 Å². The molecule has 3 N–H and O–H groups in total. The topological polar surface area (TPSA) is 97.9 Å². The summed E-state index contributed by atoms with van der Waals surface area (Å²) < 4.78 is 16.2. The maximum absolute atomic E-state index is 12.6. The fourth-order valence-electron chi connectivity index (χ4n) is 3.01. The third-order valence-corrected chi connectivity index (χ3v) is 4.93. The van der Waals surface area contributed by atoms with Gasteiger partial charge in [-0.1, -0.05) is 48.5 Å². The van der Waals surface area contributed by atoms with E-state index in [4.69, 9.17) is 26.4 Å². The molecule has 0 radical (unpaired) electrons. The normalized spacial score (nSPS) is 10.3. The Morgan fingerprint density at radius 2 is 1.57 bits per heavy atom. The van der Waals surface area contributed by atoms with Crippen LogP contribution in [0.3, 0.4) is 0 Å². The molecule has 180 valence electrons. The van der Waals surface area contributed by atoms with E-state index in [2.05, 4.69) is 16.2 Å². The molecular formula is C26H25N3O5S. The Labute approximate surface area is 208 Å². The smallest absolute Gasteiger partial charge is 0.273 e. The zero-order chi connectivity index (χ0) is 25.0. The lowest BCUT2D eigenvalue weighted by atomic mass is 10.2. The summed E-state index contributed by atoms with van der Waals surface area (Å²) in [4.78, 5) is 24.8. The molecular weight excluding hydrogens is 466 g/mol. The minimum absolute atomic E-state index is 0.0667. The fraction of sp³-hybridized carbons (Fsp3) is 0.115. The maximum Gasteiger partial charge on any atom is 0.273 e. The van der Waals surface area contributed by atoms with E-state index in [0.29, 0.717) is 29.4 Å². The first-order valence-electron chi connectivity index (χ1n) is 10.6. The van der Waals surface area contributed by atoms with E-state index in [-0.39, 0.29) is 5.11 Å². The van der Waals surface area contributed by atoms with E-state index >= 15 is 0 Å². The van der Waals surface area contributed by atoms with Gasteiger partial charge in [-0.3, -0.25) is 25.8 Å². The molecule has 0 atom stereocenters. The molecule has 2 amide bonds. The molecule has 0 fully saturated rings. The Hall–Kier alpha value is -4.37. The van der Waals surface area contributed by atoms with Gasteiger partial charge in [-0.15, -0.1) is 0 Å². The number of carbonyl (C=O) groups excluding carboxylic acids is 2. The number of thiocarbonyl (C=S) groups is 1. The molecule has 0 spiro atoms. The van der Waals surface area contributed by atoms with Crippen LogP contribution >= 0.6 is 12.2 Å². The second-order valence-corrected chi connectivity index (χ2v) is 7.52. The molecule has 3 rings (SSSR count). The van der Waals surface area contributed by atoms with E-state index in [1.54, 1.807) is 55.7 Å². The highest BCUT2D eigenvalue weighted by molar-refractivity contribution is 7.80. The van der Waals surface area contributed by atoms with Crippen LogP contribution in [0.15, 0.2) is 78.9 Å². The van der Waals surface area contributed by atoms with Crippen molar-refractivity contribution in [2.45, 2.75) is 6.61 Å². The van der Waals surface area contributed by atoms with E-state index in [1.165, 1.54) is 13.2 Å². The van der Waals surface area contributed by atoms with Crippen molar-refractivity contribution in [3.63, 3.8) is 0 Å². The summed E-state index contributed by atoms with van der Waals surface area (Å²) in [5.74, 6) is 0.609. The molecule has 0 aliphatic carbocycles. The maximum atomic E-state index is 12.6. The second kappa shape index (κ2) is 12.8. The first kappa shape index (κ1) is 25.3. The molecule has 0 aromatic heterocycles. The van der Waals surface area contributed by atoms with Crippen molar-refractivity contribution in [3.8, 4) is 17.2 Å². The second-order valence-electron chi connectivity index (χ2n) is 7.12. The fourth-order valence-corrected chi connectivity index (χ4v) is 3.16. The summed E-state index contributed by atoms with van der Waals surface area (Å²) in [6, 6.07) is 21.7. The van der Waals surface area contributed by atoms with Gasteiger partial charge in [0, 0.05) is 6.08 Å². The average Bonchev–Trinajstić information content (AvgIpc) is 2.89. The molecule has 0 saturated carbocycles. The number of amides is 2. The molecule has 0 unspecified atom stereocenters. The number of hydrogen-bond donors (Lipinski definition) is 3. The van der Waals surface area contributed by atoms with Gasteiger partial charge in [-0.05, 0) is 53.7 Å². The number of rotatable bonds is 8. The van der Waals surface area contributed by atoms with Gasteiger partial charge in [0.25, 0.3) is 5.91 Å². The van der Waals surface area contributed by atoms with Crippen LogP contribution in [0.25, 0.3) is 6.08 Å². The van der Waals surface area contributed by atoms with E-state index in [9.17, 15) is 9.59 Å². The summed E-state index contributed by atoms with van der Waals surface area (Å²) in [5.41, 5.74) is 7.01. The van der Waals surface area contributed by atoms with Crippen LogP contribution < -0.4 is 30.4 Å². The molecule has 0 bridgehead atoms. The van der Waals surface area contributed by atoms with E-state index in [0.717, 1.165) is 11.1 Å². The number of para-hydroxylation sites is 1. The minimum atomic E-state index is -0.474. The highest BCUT2D eigenvalue weighted by Crippen LogP contribution is 2.27. The largest absolute Gasteiger partial charge is 0.493 e. The van der Waals surface area contributed by atoms with E-state index in [1.807, 2.05) is 30.3 Å². The van der Waals surface area contributed by atoms with Gasteiger partial charge in [0.15, 0.2) is 16.6 Å². The van der Waals surface area contributed by atoms with Gasteiger partial charge >= 0.3 is 0 Å².